The van der Waals surface area contributed by atoms with Gasteiger partial charge in [-0.2, -0.15) is 4.68 Å². The topological polar surface area (TPSA) is 209 Å². The van der Waals surface area contributed by atoms with Crippen molar-refractivity contribution in [2.24, 2.45) is 0 Å². The van der Waals surface area contributed by atoms with E-state index in [1.165, 1.54) is 17.1 Å². The summed E-state index contributed by atoms with van der Waals surface area (Å²) in [5.74, 6) is -3.31. The summed E-state index contributed by atoms with van der Waals surface area (Å²) in [6.07, 6.45) is 2.18. The molecule has 2 aromatic heterocycles. The number of urea groups is 1. The zero-order valence-electron chi connectivity index (χ0n) is 31.4. The van der Waals surface area contributed by atoms with Crippen molar-refractivity contribution in [1.29, 1.82) is 0 Å². The fraction of sp³-hybridized carbons (Fsp3) is 0.316. The highest BCUT2D eigenvalue weighted by atomic mass is 35.5. The maximum atomic E-state index is 13.9. The van der Waals surface area contributed by atoms with E-state index in [9.17, 15) is 24.0 Å². The number of tetrazole rings is 1. The number of carbonyl (C=O) groups excluding carboxylic acids is 5. The summed E-state index contributed by atoms with van der Waals surface area (Å²) < 4.78 is 6.76. The van der Waals surface area contributed by atoms with E-state index in [-0.39, 0.29) is 28.9 Å². The monoisotopic (exact) mass is 783 g/mol. The number of H-pyrrole nitrogens is 1. The molecule has 0 saturated carbocycles. The quantitative estimate of drug-likeness (QED) is 0.101. The fourth-order valence-electron chi connectivity index (χ4n) is 6.08. The van der Waals surface area contributed by atoms with E-state index < -0.39 is 35.3 Å². The summed E-state index contributed by atoms with van der Waals surface area (Å²) in [4.78, 5) is 73.0. The molecule has 6 rings (SSSR count). The number of anilines is 3. The van der Waals surface area contributed by atoms with Crippen molar-refractivity contribution in [1.82, 2.24) is 40.3 Å². The van der Waals surface area contributed by atoms with Gasteiger partial charge in [-0.3, -0.25) is 14.4 Å². The van der Waals surface area contributed by atoms with Crippen LogP contribution in [-0.2, 0) is 25.5 Å². The average Bonchev–Trinajstić information content (AvgIpc) is 3.93. The largest absolute Gasteiger partial charge is 0.455 e. The number of carbonyl (C=O) groups is 5. The summed E-state index contributed by atoms with van der Waals surface area (Å²) in [5.41, 5.74) is 2.27. The second-order valence-corrected chi connectivity index (χ2v) is 15.0. The van der Waals surface area contributed by atoms with Crippen LogP contribution in [0.5, 0.6) is 0 Å². The zero-order valence-corrected chi connectivity index (χ0v) is 32.2. The maximum absolute atomic E-state index is 13.9. The molecule has 292 valence electrons. The molecule has 18 heteroatoms. The van der Waals surface area contributed by atoms with Gasteiger partial charge in [-0.05, 0) is 112 Å². The van der Waals surface area contributed by atoms with Crippen LogP contribution in [-0.4, -0.2) is 110 Å². The number of aromatic amines is 1. The summed E-state index contributed by atoms with van der Waals surface area (Å²) in [7, 11) is 3.98. The molecule has 1 aliphatic heterocycles. The Morgan fingerprint density at radius 2 is 1.70 bits per heavy atom. The smallest absolute Gasteiger partial charge is 0.355 e. The SMILES string of the molecule is CN(C)[C@H]1CCN(C(=O)Nc2ccc(C[C@H](NC(=O)C(=O)Nc3cc(Cl)ccc3-n3cnnn3)C(=O)Nc3ccc4[nH]c(C(=O)OC(C)(C)C)cc4c3)cc2)C1. The van der Waals surface area contributed by atoms with Crippen LogP contribution in [0, 0.1) is 0 Å². The molecular formula is C38H42ClN11O6. The third-order valence-corrected chi connectivity index (χ3v) is 9.20. The summed E-state index contributed by atoms with van der Waals surface area (Å²) in [6, 6.07) is 16.9. The molecule has 5 aromatic rings. The van der Waals surface area contributed by atoms with E-state index in [0.29, 0.717) is 52.7 Å². The van der Waals surface area contributed by atoms with Crippen LogP contribution in [0.15, 0.2) is 73.1 Å². The van der Waals surface area contributed by atoms with Crippen molar-refractivity contribution < 1.29 is 28.7 Å². The van der Waals surface area contributed by atoms with E-state index in [0.717, 1.165) is 6.42 Å². The number of benzene rings is 3. The number of likely N-dealkylation sites (N-methyl/N-ethyl adjacent to an activating group) is 1. The second kappa shape index (κ2) is 16.6. The summed E-state index contributed by atoms with van der Waals surface area (Å²) >= 11 is 6.18. The Balaban J connectivity index is 1.18. The zero-order chi connectivity index (χ0) is 40.1. The van der Waals surface area contributed by atoms with E-state index in [1.54, 1.807) is 86.3 Å². The first-order chi connectivity index (χ1) is 26.6. The Morgan fingerprint density at radius 3 is 2.38 bits per heavy atom. The number of amides is 5. The standard InChI is InChI=1S/C38H42ClN11O6/c1-38(2,3)56-36(54)31-18-23-17-26(11-12-28(23)43-31)41-33(51)30(16-22-6-9-25(10-7-22)42-37(55)49-15-14-27(20-49)48(4)5)45-35(53)34(52)44-29-19-24(39)8-13-32(29)50-21-40-46-47-50/h6-13,17-19,21,27,30,43H,14-16,20H2,1-5H3,(H,41,51)(H,42,55)(H,44,52)(H,45,53)/t27-,30-/m0/s1. The van der Waals surface area contributed by atoms with Crippen molar-refractivity contribution in [3.05, 3.63) is 89.3 Å². The Hall–Kier alpha value is -6.33. The highest BCUT2D eigenvalue weighted by molar-refractivity contribution is 6.40. The van der Waals surface area contributed by atoms with Gasteiger partial charge in [-0.15, -0.1) is 5.10 Å². The van der Waals surface area contributed by atoms with Gasteiger partial charge in [0.2, 0.25) is 5.91 Å². The molecule has 0 aliphatic carbocycles. The average molecular weight is 784 g/mol. The number of hydrogen-bond donors (Lipinski definition) is 5. The van der Waals surface area contributed by atoms with Crippen molar-refractivity contribution >= 4 is 69.3 Å². The first-order valence-electron chi connectivity index (χ1n) is 17.7. The van der Waals surface area contributed by atoms with E-state index >= 15 is 0 Å². The van der Waals surface area contributed by atoms with Crippen LogP contribution in [0.4, 0.5) is 21.9 Å². The van der Waals surface area contributed by atoms with Gasteiger partial charge in [0.1, 0.15) is 23.7 Å². The van der Waals surface area contributed by atoms with Gasteiger partial charge in [-0.25, -0.2) is 9.59 Å². The molecular weight excluding hydrogens is 742 g/mol. The Kier molecular flexibility index (Phi) is 11.7. The molecule has 1 aliphatic rings. The lowest BCUT2D eigenvalue weighted by molar-refractivity contribution is -0.137. The minimum atomic E-state index is -1.24. The van der Waals surface area contributed by atoms with Crippen LogP contribution >= 0.6 is 11.6 Å². The molecule has 1 fully saturated rings. The Bertz CT molecular complexity index is 2250. The molecule has 0 radical (unpaired) electrons. The number of aromatic nitrogens is 5. The van der Waals surface area contributed by atoms with Gasteiger partial charge in [0, 0.05) is 52.9 Å². The number of halogens is 1. The number of rotatable bonds is 10. The molecule has 0 unspecified atom stereocenters. The van der Waals surface area contributed by atoms with Crippen molar-refractivity contribution in [3.8, 4) is 5.69 Å². The van der Waals surface area contributed by atoms with Gasteiger partial charge >= 0.3 is 23.8 Å². The van der Waals surface area contributed by atoms with Gasteiger partial charge in [-0.1, -0.05) is 23.7 Å². The molecule has 2 atom stereocenters. The molecule has 3 heterocycles. The number of hydrogen-bond acceptors (Lipinski definition) is 10. The van der Waals surface area contributed by atoms with E-state index in [2.05, 4.69) is 46.7 Å². The minimum Gasteiger partial charge on any atom is -0.455 e. The fourth-order valence-corrected chi connectivity index (χ4v) is 6.26. The van der Waals surface area contributed by atoms with Crippen LogP contribution in [0.1, 0.15) is 43.2 Å². The van der Waals surface area contributed by atoms with Gasteiger partial charge in [0.05, 0.1) is 11.4 Å². The third-order valence-electron chi connectivity index (χ3n) is 8.96. The molecule has 3 aromatic carbocycles. The van der Waals surface area contributed by atoms with Crippen molar-refractivity contribution in [2.75, 3.05) is 43.1 Å². The van der Waals surface area contributed by atoms with Crippen LogP contribution in [0.2, 0.25) is 5.02 Å². The highest BCUT2D eigenvalue weighted by Crippen LogP contribution is 2.25. The van der Waals surface area contributed by atoms with Crippen molar-refractivity contribution in [2.45, 2.75) is 51.3 Å². The summed E-state index contributed by atoms with van der Waals surface area (Å²) in [6.45, 7) is 6.59. The first kappa shape index (κ1) is 39.4. The molecule has 5 N–H and O–H groups in total. The number of esters is 1. The summed E-state index contributed by atoms with van der Waals surface area (Å²) in [5, 5.41) is 22.8. The molecule has 0 bridgehead atoms. The predicted molar refractivity (Wildman–Crippen MR) is 210 cm³/mol. The minimum absolute atomic E-state index is 0.0159. The molecule has 5 amide bonds. The molecule has 17 nitrogen and oxygen atoms in total. The Morgan fingerprint density at radius 1 is 0.946 bits per heavy atom. The number of nitrogens with zero attached hydrogens (tertiary/aromatic N) is 6. The number of fused-ring (bicyclic) bond motifs is 1. The van der Waals surface area contributed by atoms with Gasteiger partial charge in [0.25, 0.3) is 0 Å². The van der Waals surface area contributed by atoms with Crippen molar-refractivity contribution in [3.63, 3.8) is 0 Å². The third kappa shape index (κ3) is 9.85. The molecule has 0 spiro atoms. The Labute approximate surface area is 327 Å². The highest BCUT2D eigenvalue weighted by Gasteiger charge is 2.29. The predicted octanol–water partition coefficient (Wildman–Crippen LogP) is 4.22. The lowest BCUT2D eigenvalue weighted by Crippen LogP contribution is -2.49. The van der Waals surface area contributed by atoms with E-state index in [4.69, 9.17) is 16.3 Å². The maximum Gasteiger partial charge on any atom is 0.355 e. The number of nitrogens with one attached hydrogen (secondary N) is 5. The lowest BCUT2D eigenvalue weighted by atomic mass is 10.0. The van der Waals surface area contributed by atoms with Gasteiger partial charge < -0.3 is 40.8 Å². The normalized spacial score (nSPS) is 14.7. The van der Waals surface area contributed by atoms with E-state index in [1.807, 2.05) is 14.1 Å². The second-order valence-electron chi connectivity index (χ2n) is 14.6. The van der Waals surface area contributed by atoms with Crippen LogP contribution in [0.25, 0.3) is 16.6 Å². The number of likely N-dealkylation sites (tertiary alicyclic amines) is 1. The van der Waals surface area contributed by atoms with Gasteiger partial charge in [0.15, 0.2) is 0 Å². The van der Waals surface area contributed by atoms with Crippen LogP contribution < -0.4 is 21.3 Å². The molecule has 56 heavy (non-hydrogen) atoms. The van der Waals surface area contributed by atoms with Crippen LogP contribution in [0.3, 0.4) is 0 Å². The lowest BCUT2D eigenvalue weighted by Gasteiger charge is -2.21. The first-order valence-corrected chi connectivity index (χ1v) is 18.1. The number of ether oxygens (including phenoxy) is 1. The molecule has 1 saturated heterocycles.